The van der Waals surface area contributed by atoms with Crippen molar-refractivity contribution in [2.45, 2.75) is 70.8 Å². The van der Waals surface area contributed by atoms with Crippen molar-refractivity contribution in [2.75, 3.05) is 32.8 Å². The van der Waals surface area contributed by atoms with E-state index in [1.807, 2.05) is 18.7 Å². The van der Waals surface area contributed by atoms with Crippen LogP contribution in [0.1, 0.15) is 64.2 Å². The number of nitrogens with zero attached hydrogens (tertiary/aromatic N) is 3. The van der Waals surface area contributed by atoms with Crippen LogP contribution >= 0.6 is 0 Å². The number of aryl methyl sites for hydroxylation is 1. The fraction of sp³-hybridized carbons (Fsp3) is 0.727. The van der Waals surface area contributed by atoms with Gasteiger partial charge in [-0.15, -0.1) is 0 Å². The van der Waals surface area contributed by atoms with Crippen LogP contribution in [-0.4, -0.2) is 53.8 Å². The Morgan fingerprint density at radius 2 is 1.46 bits per heavy atom. The lowest BCUT2D eigenvalue weighted by atomic mass is 10.1. The zero-order chi connectivity index (χ0) is 20.1. The number of hydrogen-bond acceptors (Lipinski definition) is 5. The van der Waals surface area contributed by atoms with Crippen LogP contribution < -0.4 is 0 Å². The zero-order valence-corrected chi connectivity index (χ0v) is 17.5. The number of ether oxygens (including phenoxy) is 2. The fourth-order valence-corrected chi connectivity index (χ4v) is 3.26. The first-order chi connectivity index (χ1) is 13.9. The van der Waals surface area contributed by atoms with E-state index in [-0.39, 0.29) is 0 Å². The lowest BCUT2D eigenvalue weighted by molar-refractivity contribution is -0.128. The van der Waals surface area contributed by atoms with Gasteiger partial charge in [0.25, 0.3) is 6.47 Å². The molecule has 1 aromatic heterocycles. The predicted molar refractivity (Wildman–Crippen MR) is 113 cm³/mol. The van der Waals surface area contributed by atoms with E-state index >= 15 is 0 Å². The highest BCUT2D eigenvalue weighted by Crippen LogP contribution is 2.08. The molecule has 0 aliphatic rings. The second kappa shape index (κ2) is 18.5. The molecule has 0 aliphatic heterocycles. The third-order valence-electron chi connectivity index (χ3n) is 4.86. The summed E-state index contributed by atoms with van der Waals surface area (Å²) in [6.07, 6.45) is 19.1. The second-order valence-electron chi connectivity index (χ2n) is 7.18. The van der Waals surface area contributed by atoms with Crippen molar-refractivity contribution in [1.29, 1.82) is 0 Å². The van der Waals surface area contributed by atoms with E-state index in [2.05, 4.69) is 21.0 Å². The normalized spacial score (nSPS) is 10.9. The maximum atomic E-state index is 10.1. The molecule has 1 rings (SSSR count). The first-order valence-corrected chi connectivity index (χ1v) is 10.8. The van der Waals surface area contributed by atoms with Gasteiger partial charge in [-0.05, 0) is 58.2 Å². The Kier molecular flexibility index (Phi) is 16.0. The van der Waals surface area contributed by atoms with Crippen molar-refractivity contribution in [3.05, 3.63) is 31.6 Å². The van der Waals surface area contributed by atoms with E-state index in [1.165, 1.54) is 70.8 Å². The molecule has 0 saturated heterocycles. The Balaban J connectivity index is 2.14. The highest BCUT2D eigenvalue weighted by molar-refractivity contribution is 5.36. The van der Waals surface area contributed by atoms with Gasteiger partial charge in [-0.2, -0.15) is 0 Å². The van der Waals surface area contributed by atoms with E-state index in [0.717, 1.165) is 32.4 Å². The Morgan fingerprint density at radius 1 is 0.857 bits per heavy atom. The average molecular weight is 394 g/mol. The summed E-state index contributed by atoms with van der Waals surface area (Å²) in [6.45, 7) is 10.0. The van der Waals surface area contributed by atoms with Crippen molar-refractivity contribution in [3.63, 3.8) is 0 Å². The summed E-state index contributed by atoms with van der Waals surface area (Å²) in [5, 5.41) is 0. The summed E-state index contributed by atoms with van der Waals surface area (Å²) in [4.78, 5) is 16.9. The molecule has 0 aliphatic carbocycles. The highest BCUT2D eigenvalue weighted by atomic mass is 16.5. The first-order valence-electron chi connectivity index (χ1n) is 10.8. The number of carbonyl (C=O) groups is 1. The minimum Gasteiger partial charge on any atom is -0.502 e. The van der Waals surface area contributed by atoms with Crippen molar-refractivity contribution >= 4 is 6.47 Å². The van der Waals surface area contributed by atoms with Crippen molar-refractivity contribution in [3.8, 4) is 0 Å². The van der Waals surface area contributed by atoms with Crippen LogP contribution in [0.15, 0.2) is 31.6 Å². The number of imidazole rings is 1. The largest absolute Gasteiger partial charge is 0.502 e. The second-order valence-corrected chi connectivity index (χ2v) is 7.18. The van der Waals surface area contributed by atoms with Crippen LogP contribution in [0.25, 0.3) is 0 Å². The van der Waals surface area contributed by atoms with Crippen LogP contribution in [0.3, 0.4) is 0 Å². The number of hydrogen-bond donors (Lipinski definition) is 0. The van der Waals surface area contributed by atoms with Crippen LogP contribution in [0.4, 0.5) is 0 Å². The molecule has 28 heavy (non-hydrogen) atoms. The third-order valence-corrected chi connectivity index (χ3v) is 4.86. The predicted octanol–water partition coefficient (Wildman–Crippen LogP) is 4.42. The van der Waals surface area contributed by atoms with E-state index in [1.54, 1.807) is 0 Å². The lowest BCUT2D eigenvalue weighted by Crippen LogP contribution is -2.27. The summed E-state index contributed by atoms with van der Waals surface area (Å²) in [6, 6.07) is 0. The standard InChI is InChI=1S/C22H39N3O3/c1-2-27-19-11-5-3-7-14-24(15-8-4-6-12-20-28-22-26)16-9-10-17-25-18-13-23-21-25/h2,13,18,21-22H,1,3-12,14-17,19-20H2. The molecule has 0 fully saturated rings. The Hall–Kier alpha value is -1.82. The number of carbonyl (C=O) groups excluding carboxylic acids is 1. The molecule has 160 valence electrons. The molecule has 0 bridgehead atoms. The van der Waals surface area contributed by atoms with Gasteiger partial charge in [0.1, 0.15) is 0 Å². The first kappa shape index (κ1) is 24.2. The Morgan fingerprint density at radius 3 is 2.04 bits per heavy atom. The number of aromatic nitrogens is 2. The summed E-state index contributed by atoms with van der Waals surface area (Å²) in [5.41, 5.74) is 0. The van der Waals surface area contributed by atoms with E-state index < -0.39 is 0 Å². The zero-order valence-electron chi connectivity index (χ0n) is 17.5. The maximum absolute atomic E-state index is 10.1. The van der Waals surface area contributed by atoms with E-state index in [0.29, 0.717) is 13.1 Å². The molecule has 6 heteroatoms. The number of rotatable bonds is 21. The summed E-state index contributed by atoms with van der Waals surface area (Å²) in [7, 11) is 0. The van der Waals surface area contributed by atoms with Gasteiger partial charge in [-0.3, -0.25) is 4.79 Å². The van der Waals surface area contributed by atoms with Crippen molar-refractivity contribution in [1.82, 2.24) is 14.5 Å². The molecule has 1 heterocycles. The minimum atomic E-state index is 0.537. The third kappa shape index (κ3) is 14.3. The van der Waals surface area contributed by atoms with Gasteiger partial charge < -0.3 is 18.9 Å². The Bertz CT molecular complexity index is 444. The van der Waals surface area contributed by atoms with Gasteiger partial charge in [0.15, 0.2) is 0 Å². The summed E-state index contributed by atoms with van der Waals surface area (Å²) in [5.74, 6) is 0. The van der Waals surface area contributed by atoms with Crippen LogP contribution in [0.5, 0.6) is 0 Å². The monoisotopic (exact) mass is 393 g/mol. The quantitative estimate of drug-likeness (QED) is 0.176. The molecule has 0 atom stereocenters. The molecule has 1 aromatic rings. The molecular weight excluding hydrogens is 354 g/mol. The van der Waals surface area contributed by atoms with Crippen molar-refractivity contribution in [2.24, 2.45) is 0 Å². The molecule has 0 aromatic carbocycles. The molecular formula is C22H39N3O3. The molecule has 0 amide bonds. The molecule has 0 saturated carbocycles. The molecule has 0 spiro atoms. The highest BCUT2D eigenvalue weighted by Gasteiger charge is 2.05. The maximum Gasteiger partial charge on any atom is 0.293 e. The van der Waals surface area contributed by atoms with Crippen LogP contribution in [-0.2, 0) is 20.8 Å². The molecule has 0 N–H and O–H groups in total. The average Bonchev–Trinajstić information content (AvgIpc) is 3.22. The lowest BCUT2D eigenvalue weighted by Gasteiger charge is -2.22. The smallest absolute Gasteiger partial charge is 0.293 e. The van der Waals surface area contributed by atoms with Crippen LogP contribution in [0, 0.1) is 0 Å². The summed E-state index contributed by atoms with van der Waals surface area (Å²) < 4.78 is 12.1. The molecule has 6 nitrogen and oxygen atoms in total. The minimum absolute atomic E-state index is 0.537. The fourth-order valence-electron chi connectivity index (χ4n) is 3.26. The van der Waals surface area contributed by atoms with E-state index in [9.17, 15) is 4.79 Å². The van der Waals surface area contributed by atoms with Gasteiger partial charge in [0.05, 0.1) is 25.8 Å². The summed E-state index contributed by atoms with van der Waals surface area (Å²) >= 11 is 0. The van der Waals surface area contributed by atoms with E-state index in [4.69, 9.17) is 9.47 Å². The SMILES string of the molecule is C=COCCCCCCN(CCCCCCOC=O)CCCCn1ccnc1. The number of unbranched alkanes of at least 4 members (excludes halogenated alkanes) is 7. The Labute approximate surface area is 170 Å². The van der Waals surface area contributed by atoms with Gasteiger partial charge in [0, 0.05) is 18.9 Å². The van der Waals surface area contributed by atoms with Crippen molar-refractivity contribution < 1.29 is 14.3 Å². The van der Waals surface area contributed by atoms with Gasteiger partial charge >= 0.3 is 0 Å². The molecule has 0 radical (unpaired) electrons. The molecule has 0 unspecified atom stereocenters. The van der Waals surface area contributed by atoms with Crippen LogP contribution in [0.2, 0.25) is 0 Å². The van der Waals surface area contributed by atoms with Gasteiger partial charge in [0.2, 0.25) is 0 Å². The van der Waals surface area contributed by atoms with Gasteiger partial charge in [-0.1, -0.05) is 32.3 Å². The van der Waals surface area contributed by atoms with Gasteiger partial charge in [-0.25, -0.2) is 4.98 Å². The topological polar surface area (TPSA) is 56.6 Å².